The average molecular weight is 536 g/mol. The van der Waals surface area contributed by atoms with Gasteiger partial charge in [-0.3, -0.25) is 4.90 Å². The highest BCUT2D eigenvalue weighted by Crippen LogP contribution is 2.36. The summed E-state index contributed by atoms with van der Waals surface area (Å²) in [7, 11) is 1.60. The SMILES string of the molecule is CO[C@@H](CN(CCCOC1=CC=C/C(=C\C(=O)O)C1)Cc1cccc(C(F)(F)F)c1Cl)c1ccccc1. The van der Waals surface area contributed by atoms with E-state index in [0.29, 0.717) is 49.4 Å². The number of benzene rings is 2. The fourth-order valence-corrected chi connectivity index (χ4v) is 4.35. The molecule has 0 saturated heterocycles. The van der Waals surface area contributed by atoms with Crippen LogP contribution < -0.4 is 0 Å². The second-order valence-electron chi connectivity index (χ2n) is 8.57. The molecule has 0 heterocycles. The minimum atomic E-state index is -4.54. The van der Waals surface area contributed by atoms with Crippen molar-refractivity contribution >= 4 is 17.6 Å². The van der Waals surface area contributed by atoms with Crippen molar-refractivity contribution in [1.29, 1.82) is 0 Å². The molecule has 3 rings (SSSR count). The van der Waals surface area contributed by atoms with E-state index < -0.39 is 17.7 Å². The first-order chi connectivity index (χ1) is 17.7. The fourth-order valence-electron chi connectivity index (χ4n) is 4.06. The van der Waals surface area contributed by atoms with Crippen LogP contribution in [0.15, 0.2) is 84.2 Å². The molecule has 0 aromatic heterocycles. The van der Waals surface area contributed by atoms with Gasteiger partial charge in [-0.2, -0.15) is 13.2 Å². The number of rotatable bonds is 12. The van der Waals surface area contributed by atoms with Gasteiger partial charge in [0.1, 0.15) is 5.76 Å². The number of alkyl halides is 3. The van der Waals surface area contributed by atoms with Gasteiger partial charge in [0, 0.05) is 39.2 Å². The molecule has 1 aliphatic rings. The van der Waals surface area contributed by atoms with Gasteiger partial charge < -0.3 is 14.6 Å². The number of carboxylic acids is 1. The molecule has 2 aromatic rings. The number of hydrogen-bond acceptors (Lipinski definition) is 4. The molecule has 5 nitrogen and oxygen atoms in total. The molecule has 2 aromatic carbocycles. The van der Waals surface area contributed by atoms with Crippen LogP contribution in [0.1, 0.15) is 35.6 Å². The first-order valence-corrected chi connectivity index (χ1v) is 12.1. The van der Waals surface area contributed by atoms with Gasteiger partial charge in [-0.05, 0) is 35.3 Å². The Morgan fingerprint density at radius 2 is 1.95 bits per heavy atom. The summed E-state index contributed by atoms with van der Waals surface area (Å²) in [5.41, 5.74) is 1.11. The van der Waals surface area contributed by atoms with Gasteiger partial charge in [-0.15, -0.1) is 0 Å². The lowest BCUT2D eigenvalue weighted by atomic mass is 10.1. The normalized spacial score (nSPS) is 15.6. The number of nitrogens with zero attached hydrogens (tertiary/aromatic N) is 1. The van der Waals surface area contributed by atoms with Crippen molar-refractivity contribution in [3.63, 3.8) is 0 Å². The van der Waals surface area contributed by atoms with E-state index in [1.807, 2.05) is 35.2 Å². The van der Waals surface area contributed by atoms with E-state index in [-0.39, 0.29) is 17.7 Å². The fraction of sp³-hybridized carbons (Fsp3) is 0.321. The van der Waals surface area contributed by atoms with E-state index in [1.54, 1.807) is 31.4 Å². The van der Waals surface area contributed by atoms with Gasteiger partial charge >= 0.3 is 12.1 Å². The third kappa shape index (κ3) is 8.77. The molecule has 0 aliphatic heterocycles. The Hall–Kier alpha value is -3.07. The number of carbonyl (C=O) groups is 1. The summed E-state index contributed by atoms with van der Waals surface area (Å²) in [5.74, 6) is -0.363. The molecule has 37 heavy (non-hydrogen) atoms. The van der Waals surface area contributed by atoms with Gasteiger partial charge in [0.2, 0.25) is 0 Å². The van der Waals surface area contributed by atoms with E-state index in [9.17, 15) is 18.0 Å². The lowest BCUT2D eigenvalue weighted by Gasteiger charge is -2.28. The summed E-state index contributed by atoms with van der Waals surface area (Å²) in [6, 6.07) is 13.5. The maximum Gasteiger partial charge on any atom is 0.417 e. The van der Waals surface area contributed by atoms with Crippen molar-refractivity contribution in [1.82, 2.24) is 4.90 Å². The monoisotopic (exact) mass is 535 g/mol. The van der Waals surface area contributed by atoms with Crippen LogP contribution >= 0.6 is 11.6 Å². The summed E-state index contributed by atoms with van der Waals surface area (Å²) in [6.07, 6.45) is 2.52. The van der Waals surface area contributed by atoms with E-state index in [4.69, 9.17) is 26.2 Å². The minimum absolute atomic E-state index is 0.201. The van der Waals surface area contributed by atoms with Crippen molar-refractivity contribution in [3.05, 3.63) is 106 Å². The first kappa shape index (κ1) is 28.5. The van der Waals surface area contributed by atoms with Gasteiger partial charge in [0.15, 0.2) is 0 Å². The molecule has 9 heteroatoms. The zero-order chi connectivity index (χ0) is 26.8. The standard InChI is InChI=1S/C28H29ClF3NO4/c1-36-25(21-9-3-2-4-10-21)19-33(18-22-11-6-13-24(27(22)29)28(30,31)32)14-7-15-37-23-12-5-8-20(16-23)17-26(34)35/h2-6,8-13,17,25H,7,14-16,18-19H2,1H3,(H,34,35)/b20-17+/t25-/m0/s1. The lowest BCUT2D eigenvalue weighted by molar-refractivity contribution is -0.137. The van der Waals surface area contributed by atoms with Crippen molar-refractivity contribution in [2.75, 3.05) is 26.8 Å². The molecule has 0 spiro atoms. The Labute approximate surface area is 219 Å². The first-order valence-electron chi connectivity index (χ1n) is 11.8. The Balaban J connectivity index is 1.69. The number of carboxylic acid groups (broad SMARTS) is 1. The maximum absolute atomic E-state index is 13.4. The van der Waals surface area contributed by atoms with Crippen LogP contribution in [0.25, 0.3) is 0 Å². The Bertz CT molecular complexity index is 1150. The van der Waals surface area contributed by atoms with Crippen molar-refractivity contribution in [2.45, 2.75) is 31.7 Å². The quantitative estimate of drug-likeness (QED) is 0.239. The molecule has 0 amide bonds. The zero-order valence-corrected chi connectivity index (χ0v) is 21.1. The van der Waals surface area contributed by atoms with Crippen LogP contribution in [0.5, 0.6) is 0 Å². The molecule has 0 bridgehead atoms. The van der Waals surface area contributed by atoms with Crippen molar-refractivity contribution in [2.24, 2.45) is 0 Å². The highest BCUT2D eigenvalue weighted by molar-refractivity contribution is 6.32. The highest BCUT2D eigenvalue weighted by Gasteiger charge is 2.34. The molecular formula is C28H29ClF3NO4. The average Bonchev–Trinajstić information content (AvgIpc) is 2.85. The molecule has 1 aliphatic carbocycles. The van der Waals surface area contributed by atoms with Crippen LogP contribution in [0.3, 0.4) is 0 Å². The third-order valence-corrected chi connectivity index (χ3v) is 6.29. The lowest BCUT2D eigenvalue weighted by Crippen LogP contribution is -2.31. The van der Waals surface area contributed by atoms with E-state index in [1.165, 1.54) is 6.07 Å². The zero-order valence-electron chi connectivity index (χ0n) is 20.4. The van der Waals surface area contributed by atoms with Crippen LogP contribution in [-0.2, 0) is 27.0 Å². The predicted molar refractivity (Wildman–Crippen MR) is 136 cm³/mol. The van der Waals surface area contributed by atoms with Gasteiger partial charge in [0.05, 0.1) is 23.3 Å². The number of halogens is 4. The molecule has 1 N–H and O–H groups in total. The summed E-state index contributed by atoms with van der Waals surface area (Å²) >= 11 is 6.17. The second kappa shape index (κ2) is 13.5. The third-order valence-electron chi connectivity index (χ3n) is 5.84. The summed E-state index contributed by atoms with van der Waals surface area (Å²) in [6.45, 7) is 1.51. The highest BCUT2D eigenvalue weighted by atomic mass is 35.5. The molecule has 0 unspecified atom stereocenters. The minimum Gasteiger partial charge on any atom is -0.498 e. The number of allylic oxidation sites excluding steroid dienone is 4. The summed E-state index contributed by atoms with van der Waals surface area (Å²) in [4.78, 5) is 12.9. The topological polar surface area (TPSA) is 59.0 Å². The van der Waals surface area contributed by atoms with Gasteiger partial charge in [0.25, 0.3) is 0 Å². The van der Waals surface area contributed by atoms with Crippen LogP contribution in [0.2, 0.25) is 5.02 Å². The molecule has 198 valence electrons. The molecular weight excluding hydrogens is 507 g/mol. The largest absolute Gasteiger partial charge is 0.498 e. The molecule has 0 fully saturated rings. The summed E-state index contributed by atoms with van der Waals surface area (Å²) < 4.78 is 51.7. The van der Waals surface area contributed by atoms with Crippen LogP contribution in [-0.4, -0.2) is 42.8 Å². The molecule has 1 atom stereocenters. The van der Waals surface area contributed by atoms with Crippen LogP contribution in [0, 0.1) is 0 Å². The molecule has 0 radical (unpaired) electrons. The van der Waals surface area contributed by atoms with Gasteiger partial charge in [-0.1, -0.05) is 66.2 Å². The van der Waals surface area contributed by atoms with E-state index in [2.05, 4.69) is 0 Å². The van der Waals surface area contributed by atoms with Gasteiger partial charge in [-0.25, -0.2) is 4.79 Å². The number of methoxy groups -OCH3 is 1. The van der Waals surface area contributed by atoms with E-state index in [0.717, 1.165) is 17.7 Å². The molecule has 0 saturated carbocycles. The Morgan fingerprint density at radius 3 is 2.62 bits per heavy atom. The number of ether oxygens (including phenoxy) is 2. The Kier molecular flexibility index (Phi) is 10.4. The van der Waals surface area contributed by atoms with Crippen molar-refractivity contribution in [3.8, 4) is 0 Å². The smallest absolute Gasteiger partial charge is 0.417 e. The maximum atomic E-state index is 13.4. The Morgan fingerprint density at radius 1 is 1.19 bits per heavy atom. The number of aliphatic carboxylic acids is 1. The van der Waals surface area contributed by atoms with Crippen molar-refractivity contribution < 1.29 is 32.5 Å². The summed E-state index contributed by atoms with van der Waals surface area (Å²) in [5, 5.41) is 8.64. The predicted octanol–water partition coefficient (Wildman–Crippen LogP) is 6.81. The van der Waals surface area contributed by atoms with E-state index >= 15 is 0 Å². The second-order valence-corrected chi connectivity index (χ2v) is 8.95. The van der Waals surface area contributed by atoms with Crippen LogP contribution in [0.4, 0.5) is 13.2 Å². The number of hydrogen-bond donors (Lipinski definition) is 1.